The van der Waals surface area contributed by atoms with E-state index in [2.05, 4.69) is 0 Å². The molecule has 1 saturated heterocycles. The molecule has 0 radical (unpaired) electrons. The van der Waals surface area contributed by atoms with Gasteiger partial charge < -0.3 is 24.2 Å². The predicted molar refractivity (Wildman–Crippen MR) is 90.7 cm³/mol. The molecule has 1 aliphatic rings. The summed E-state index contributed by atoms with van der Waals surface area (Å²) in [5.74, 6) is 1.30. The number of methoxy groups -OCH3 is 2. The minimum atomic E-state index is -0.673. The maximum absolute atomic E-state index is 12.2. The van der Waals surface area contributed by atoms with E-state index in [1.165, 1.54) is 0 Å². The molecule has 0 bridgehead atoms. The Morgan fingerprint density at radius 3 is 2.50 bits per heavy atom. The summed E-state index contributed by atoms with van der Waals surface area (Å²) in [5, 5.41) is 10.6. The van der Waals surface area contributed by atoms with Crippen molar-refractivity contribution in [3.63, 3.8) is 0 Å². The van der Waals surface area contributed by atoms with Crippen molar-refractivity contribution in [2.24, 2.45) is 0 Å². The molecule has 134 valence electrons. The lowest BCUT2D eigenvalue weighted by atomic mass is 9.86. The van der Waals surface area contributed by atoms with Gasteiger partial charge in [0.05, 0.1) is 26.9 Å². The van der Waals surface area contributed by atoms with Gasteiger partial charge in [0.25, 0.3) is 0 Å². The van der Waals surface area contributed by atoms with Crippen molar-refractivity contribution in [3.8, 4) is 11.5 Å². The molecule has 1 aromatic rings. The van der Waals surface area contributed by atoms with Gasteiger partial charge in [-0.15, -0.1) is 0 Å². The van der Waals surface area contributed by atoms with Gasteiger partial charge in [-0.1, -0.05) is 6.07 Å². The lowest BCUT2D eigenvalue weighted by Gasteiger charge is -2.37. The van der Waals surface area contributed by atoms with E-state index in [0.717, 1.165) is 5.56 Å². The predicted octanol–water partition coefficient (Wildman–Crippen LogP) is 2.79. The van der Waals surface area contributed by atoms with Crippen LogP contribution in [0.4, 0.5) is 4.79 Å². The summed E-state index contributed by atoms with van der Waals surface area (Å²) in [4.78, 5) is 13.7. The number of nitrogens with zero attached hydrogens (tertiary/aromatic N) is 1. The highest BCUT2D eigenvalue weighted by Crippen LogP contribution is 2.36. The average molecular weight is 337 g/mol. The standard InChI is InChI=1S/C18H27NO5/c1-18(2,3)24-17(21)19-9-8-13(15(20)11-19)14-7-6-12(22-4)10-16(14)23-5/h6-7,10,13,15,20H,8-9,11H2,1-5H3. The molecule has 2 unspecified atom stereocenters. The number of β-amino-alcohol motifs (C(OH)–C–C–N with tert-alkyl or cyclic N) is 1. The molecule has 0 aliphatic carbocycles. The molecule has 1 N–H and O–H groups in total. The zero-order valence-corrected chi connectivity index (χ0v) is 15.0. The quantitative estimate of drug-likeness (QED) is 0.918. The first-order valence-electron chi connectivity index (χ1n) is 8.13. The Morgan fingerprint density at radius 1 is 1.25 bits per heavy atom. The Labute approximate surface area is 143 Å². The highest BCUT2D eigenvalue weighted by atomic mass is 16.6. The summed E-state index contributed by atoms with van der Waals surface area (Å²) in [5.41, 5.74) is 0.382. The summed E-state index contributed by atoms with van der Waals surface area (Å²) in [6, 6.07) is 5.57. The number of hydrogen-bond acceptors (Lipinski definition) is 5. The number of hydrogen-bond donors (Lipinski definition) is 1. The molecular weight excluding hydrogens is 310 g/mol. The Balaban J connectivity index is 2.10. The topological polar surface area (TPSA) is 68.2 Å². The van der Waals surface area contributed by atoms with Gasteiger partial charge in [-0.25, -0.2) is 4.79 Å². The Bertz CT molecular complexity index is 581. The fraction of sp³-hybridized carbons (Fsp3) is 0.611. The number of ether oxygens (including phenoxy) is 3. The first kappa shape index (κ1) is 18.4. The van der Waals surface area contributed by atoms with Crippen LogP contribution in [0.25, 0.3) is 0 Å². The molecule has 6 heteroatoms. The van der Waals surface area contributed by atoms with Crippen LogP contribution in [0.5, 0.6) is 11.5 Å². The van der Waals surface area contributed by atoms with Crippen LogP contribution in [0, 0.1) is 0 Å². The Hall–Kier alpha value is -1.95. The zero-order chi connectivity index (χ0) is 17.9. The lowest BCUT2D eigenvalue weighted by Crippen LogP contribution is -2.47. The second-order valence-electron chi connectivity index (χ2n) is 7.00. The van der Waals surface area contributed by atoms with Gasteiger partial charge in [-0.3, -0.25) is 0 Å². The van der Waals surface area contributed by atoms with Gasteiger partial charge in [0, 0.05) is 24.1 Å². The largest absolute Gasteiger partial charge is 0.497 e. The summed E-state index contributed by atoms with van der Waals surface area (Å²) in [6.45, 7) is 6.27. The van der Waals surface area contributed by atoms with Crippen molar-refractivity contribution < 1.29 is 24.1 Å². The van der Waals surface area contributed by atoms with Crippen molar-refractivity contribution in [1.29, 1.82) is 0 Å². The minimum Gasteiger partial charge on any atom is -0.497 e. The molecule has 0 saturated carbocycles. The molecule has 24 heavy (non-hydrogen) atoms. The monoisotopic (exact) mass is 337 g/mol. The van der Waals surface area contributed by atoms with Gasteiger partial charge in [-0.05, 0) is 33.3 Å². The number of likely N-dealkylation sites (tertiary alicyclic amines) is 1. The number of aliphatic hydroxyl groups is 1. The van der Waals surface area contributed by atoms with Gasteiger partial charge in [-0.2, -0.15) is 0 Å². The van der Waals surface area contributed by atoms with E-state index >= 15 is 0 Å². The maximum atomic E-state index is 12.2. The molecule has 1 heterocycles. The first-order chi connectivity index (χ1) is 11.2. The Morgan fingerprint density at radius 2 is 1.96 bits per heavy atom. The highest BCUT2D eigenvalue weighted by Gasteiger charge is 2.34. The van der Waals surface area contributed by atoms with E-state index in [4.69, 9.17) is 14.2 Å². The second kappa shape index (κ2) is 7.30. The normalized spacial score (nSPS) is 21.3. The van der Waals surface area contributed by atoms with Crippen molar-refractivity contribution >= 4 is 6.09 Å². The number of carbonyl (C=O) groups excluding carboxylic acids is 1. The van der Waals surface area contributed by atoms with E-state index < -0.39 is 11.7 Å². The summed E-state index contributed by atoms with van der Waals surface area (Å²) in [6.07, 6.45) is -0.418. The molecule has 1 aromatic carbocycles. The molecule has 1 amide bonds. The van der Waals surface area contributed by atoms with Gasteiger partial charge in [0.15, 0.2) is 0 Å². The number of amides is 1. The molecule has 1 fully saturated rings. The molecule has 1 aliphatic heterocycles. The smallest absolute Gasteiger partial charge is 0.410 e. The maximum Gasteiger partial charge on any atom is 0.410 e. The van der Waals surface area contributed by atoms with Crippen LogP contribution < -0.4 is 9.47 Å². The number of rotatable bonds is 3. The molecule has 6 nitrogen and oxygen atoms in total. The van der Waals surface area contributed by atoms with Gasteiger partial charge >= 0.3 is 6.09 Å². The number of aliphatic hydroxyl groups excluding tert-OH is 1. The number of benzene rings is 1. The van der Waals surface area contributed by atoms with Crippen molar-refractivity contribution in [3.05, 3.63) is 23.8 Å². The van der Waals surface area contributed by atoms with Crippen LogP contribution in [-0.2, 0) is 4.74 Å². The van der Waals surface area contributed by atoms with Crippen LogP contribution in [0.3, 0.4) is 0 Å². The summed E-state index contributed by atoms with van der Waals surface area (Å²) >= 11 is 0. The fourth-order valence-electron chi connectivity index (χ4n) is 2.91. The van der Waals surface area contributed by atoms with Gasteiger partial charge in [0.1, 0.15) is 17.1 Å². The SMILES string of the molecule is COc1ccc(C2CCN(C(=O)OC(C)(C)C)CC2O)c(OC)c1. The molecule has 0 aromatic heterocycles. The van der Waals surface area contributed by atoms with Gasteiger partial charge in [0.2, 0.25) is 0 Å². The molecule has 2 atom stereocenters. The summed E-state index contributed by atoms with van der Waals surface area (Å²) < 4.78 is 16.0. The third kappa shape index (κ3) is 4.32. The van der Waals surface area contributed by atoms with Crippen LogP contribution in [-0.4, -0.2) is 55.1 Å². The molecule has 2 rings (SSSR count). The third-order valence-corrected chi connectivity index (χ3v) is 4.07. The Kier molecular flexibility index (Phi) is 5.59. The zero-order valence-electron chi connectivity index (χ0n) is 15.0. The van der Waals surface area contributed by atoms with E-state index in [1.807, 2.05) is 39.0 Å². The van der Waals surface area contributed by atoms with Crippen LogP contribution >= 0.6 is 0 Å². The van der Waals surface area contributed by atoms with Crippen LogP contribution in [0.15, 0.2) is 18.2 Å². The van der Waals surface area contributed by atoms with Crippen molar-refractivity contribution in [2.45, 2.75) is 44.8 Å². The van der Waals surface area contributed by atoms with Crippen LogP contribution in [0.2, 0.25) is 0 Å². The van der Waals surface area contributed by atoms with Crippen molar-refractivity contribution in [2.75, 3.05) is 27.3 Å². The van der Waals surface area contributed by atoms with E-state index in [9.17, 15) is 9.90 Å². The third-order valence-electron chi connectivity index (χ3n) is 4.07. The van der Waals surface area contributed by atoms with E-state index in [0.29, 0.717) is 24.5 Å². The molecule has 0 spiro atoms. The number of carbonyl (C=O) groups is 1. The van der Waals surface area contributed by atoms with Crippen molar-refractivity contribution in [1.82, 2.24) is 4.90 Å². The highest BCUT2D eigenvalue weighted by molar-refractivity contribution is 5.68. The fourth-order valence-corrected chi connectivity index (χ4v) is 2.91. The average Bonchev–Trinajstić information content (AvgIpc) is 2.52. The van der Waals surface area contributed by atoms with E-state index in [-0.39, 0.29) is 18.6 Å². The molecular formula is C18H27NO5. The second-order valence-corrected chi connectivity index (χ2v) is 7.00. The minimum absolute atomic E-state index is 0.0930. The lowest BCUT2D eigenvalue weighted by molar-refractivity contribution is -0.00169. The van der Waals surface area contributed by atoms with E-state index in [1.54, 1.807) is 19.1 Å². The first-order valence-corrected chi connectivity index (χ1v) is 8.13. The van der Waals surface area contributed by atoms with Crippen LogP contribution in [0.1, 0.15) is 38.7 Å². The summed E-state index contributed by atoms with van der Waals surface area (Å²) in [7, 11) is 3.20. The number of piperidine rings is 1.